The lowest BCUT2D eigenvalue weighted by Gasteiger charge is -2.09. The standard InChI is InChI=1S/C15H10N8O4/c24-15(11-6-3-7-27-11)20-19-13-12(23(25)26)14(17-8-16-13)22-10-5-2-1-4-9(10)18-21-22/h1-8H,(H,20,24)(H,16,17,19). The molecule has 3 aromatic heterocycles. The van der Waals surface area contributed by atoms with Crippen molar-refractivity contribution >= 4 is 28.4 Å². The summed E-state index contributed by atoms with van der Waals surface area (Å²) in [6, 6.07) is 9.92. The zero-order valence-corrected chi connectivity index (χ0v) is 13.4. The highest BCUT2D eigenvalue weighted by Crippen LogP contribution is 2.28. The minimum atomic E-state index is -0.673. The van der Waals surface area contributed by atoms with E-state index >= 15 is 0 Å². The molecule has 1 aromatic carbocycles. The molecule has 4 aromatic rings. The van der Waals surface area contributed by atoms with Crippen LogP contribution in [0.1, 0.15) is 10.6 Å². The number of rotatable bonds is 5. The molecule has 2 N–H and O–H groups in total. The van der Waals surface area contributed by atoms with Crippen molar-refractivity contribution in [3.05, 3.63) is 64.9 Å². The Labute approximate surface area is 150 Å². The van der Waals surface area contributed by atoms with Gasteiger partial charge >= 0.3 is 11.6 Å². The first-order valence-corrected chi connectivity index (χ1v) is 7.55. The molecule has 0 saturated heterocycles. The smallest absolute Gasteiger partial charge is 0.357 e. The largest absolute Gasteiger partial charge is 0.459 e. The van der Waals surface area contributed by atoms with Crippen LogP contribution < -0.4 is 10.9 Å². The van der Waals surface area contributed by atoms with Crippen LogP contribution >= 0.6 is 0 Å². The van der Waals surface area contributed by atoms with E-state index in [0.29, 0.717) is 11.0 Å². The second-order valence-corrected chi connectivity index (χ2v) is 5.20. The molecule has 0 atom stereocenters. The van der Waals surface area contributed by atoms with Crippen LogP contribution in [0.2, 0.25) is 0 Å². The number of amides is 1. The zero-order valence-electron chi connectivity index (χ0n) is 13.4. The molecular weight excluding hydrogens is 356 g/mol. The van der Waals surface area contributed by atoms with Gasteiger partial charge in [0.2, 0.25) is 11.6 Å². The molecule has 12 nitrogen and oxygen atoms in total. The normalized spacial score (nSPS) is 10.7. The molecule has 12 heteroatoms. The number of hydrazine groups is 1. The Bertz CT molecular complexity index is 1140. The number of carbonyl (C=O) groups is 1. The van der Waals surface area contributed by atoms with Crippen molar-refractivity contribution in [2.45, 2.75) is 0 Å². The van der Waals surface area contributed by atoms with Crippen molar-refractivity contribution in [2.75, 3.05) is 5.43 Å². The maximum atomic E-state index is 11.9. The molecule has 134 valence electrons. The molecule has 3 heterocycles. The van der Waals surface area contributed by atoms with Gasteiger partial charge in [-0.25, -0.2) is 9.97 Å². The van der Waals surface area contributed by atoms with E-state index in [-0.39, 0.29) is 17.4 Å². The Morgan fingerprint density at radius 3 is 2.81 bits per heavy atom. The van der Waals surface area contributed by atoms with Gasteiger partial charge in [-0.15, -0.1) is 5.10 Å². The number of hydrogen-bond acceptors (Lipinski definition) is 9. The van der Waals surface area contributed by atoms with E-state index in [2.05, 4.69) is 31.1 Å². The summed E-state index contributed by atoms with van der Waals surface area (Å²) >= 11 is 0. The van der Waals surface area contributed by atoms with Crippen LogP contribution in [0.3, 0.4) is 0 Å². The first kappa shape index (κ1) is 16.1. The summed E-state index contributed by atoms with van der Waals surface area (Å²) in [6.45, 7) is 0. The predicted octanol–water partition coefficient (Wildman–Crippen LogP) is 1.47. The maximum absolute atomic E-state index is 11.9. The van der Waals surface area contributed by atoms with Crippen molar-refractivity contribution in [3.63, 3.8) is 0 Å². The summed E-state index contributed by atoms with van der Waals surface area (Å²) in [5, 5.41) is 19.5. The van der Waals surface area contributed by atoms with Gasteiger partial charge in [0.05, 0.1) is 16.7 Å². The summed E-state index contributed by atoms with van der Waals surface area (Å²) in [5.41, 5.74) is 5.30. The average molecular weight is 366 g/mol. The Balaban J connectivity index is 1.72. The van der Waals surface area contributed by atoms with Gasteiger partial charge in [-0.2, -0.15) is 4.68 Å². The average Bonchev–Trinajstić information content (AvgIpc) is 3.35. The van der Waals surface area contributed by atoms with Crippen LogP contribution in [0.25, 0.3) is 16.9 Å². The molecule has 4 rings (SSSR count). The fraction of sp³-hybridized carbons (Fsp3) is 0. The maximum Gasteiger partial charge on any atom is 0.357 e. The molecule has 0 aliphatic heterocycles. The monoisotopic (exact) mass is 366 g/mol. The fourth-order valence-corrected chi connectivity index (χ4v) is 2.39. The summed E-state index contributed by atoms with van der Waals surface area (Å²) in [4.78, 5) is 30.7. The van der Waals surface area contributed by atoms with Crippen molar-refractivity contribution in [3.8, 4) is 5.82 Å². The third kappa shape index (κ3) is 2.90. The minimum Gasteiger partial charge on any atom is -0.459 e. The third-order valence-corrected chi connectivity index (χ3v) is 3.58. The molecule has 0 aliphatic rings. The minimum absolute atomic E-state index is 0.0294. The van der Waals surface area contributed by atoms with Crippen LogP contribution in [0.15, 0.2) is 53.4 Å². The molecular formula is C15H10N8O4. The van der Waals surface area contributed by atoms with E-state index in [1.54, 1.807) is 24.3 Å². The number of carbonyl (C=O) groups excluding carboxylic acids is 1. The summed E-state index contributed by atoms with van der Waals surface area (Å²) < 4.78 is 6.18. The Kier molecular flexibility index (Phi) is 3.89. The molecule has 0 bridgehead atoms. The number of nitrogens with one attached hydrogen (secondary N) is 2. The van der Waals surface area contributed by atoms with Gasteiger partial charge < -0.3 is 4.42 Å². The van der Waals surface area contributed by atoms with E-state index in [0.717, 1.165) is 6.33 Å². The lowest BCUT2D eigenvalue weighted by atomic mass is 10.3. The lowest BCUT2D eigenvalue weighted by molar-refractivity contribution is -0.384. The SMILES string of the molecule is O=C(NNc1ncnc(-n2nnc3ccccc32)c1[N+](=O)[O-])c1ccco1. The molecule has 27 heavy (non-hydrogen) atoms. The Morgan fingerprint density at radius 1 is 1.19 bits per heavy atom. The van der Waals surface area contributed by atoms with E-state index in [1.807, 2.05) is 0 Å². The predicted molar refractivity (Wildman–Crippen MR) is 90.9 cm³/mol. The van der Waals surface area contributed by atoms with Gasteiger partial charge in [-0.1, -0.05) is 17.3 Å². The first-order chi connectivity index (χ1) is 13.1. The topological polar surface area (TPSA) is 154 Å². The highest BCUT2D eigenvalue weighted by atomic mass is 16.6. The van der Waals surface area contributed by atoms with Gasteiger partial charge in [-0.3, -0.25) is 25.8 Å². The van der Waals surface area contributed by atoms with Crippen molar-refractivity contribution in [1.29, 1.82) is 0 Å². The van der Waals surface area contributed by atoms with Crippen LogP contribution in [0.5, 0.6) is 0 Å². The highest BCUT2D eigenvalue weighted by Gasteiger charge is 2.26. The van der Waals surface area contributed by atoms with Crippen molar-refractivity contribution in [1.82, 2.24) is 30.4 Å². The van der Waals surface area contributed by atoms with Gasteiger partial charge in [-0.05, 0) is 24.3 Å². The number of aromatic nitrogens is 5. The first-order valence-electron chi connectivity index (χ1n) is 7.55. The number of nitrogens with zero attached hydrogens (tertiary/aromatic N) is 6. The van der Waals surface area contributed by atoms with E-state index < -0.39 is 16.5 Å². The second-order valence-electron chi connectivity index (χ2n) is 5.20. The summed E-state index contributed by atoms with van der Waals surface area (Å²) in [6.07, 6.45) is 2.44. The highest BCUT2D eigenvalue weighted by molar-refractivity contribution is 5.92. The van der Waals surface area contributed by atoms with Gasteiger partial charge in [0.25, 0.3) is 0 Å². The second kappa shape index (κ2) is 6.51. The van der Waals surface area contributed by atoms with Crippen LogP contribution in [-0.2, 0) is 0 Å². The fourth-order valence-electron chi connectivity index (χ4n) is 2.39. The van der Waals surface area contributed by atoms with Gasteiger partial charge in [0.1, 0.15) is 11.8 Å². The van der Waals surface area contributed by atoms with Crippen LogP contribution in [-0.4, -0.2) is 35.8 Å². The van der Waals surface area contributed by atoms with E-state index in [1.165, 1.54) is 23.1 Å². The molecule has 1 amide bonds. The number of furan rings is 1. The summed E-state index contributed by atoms with van der Waals surface area (Å²) in [7, 11) is 0. The molecule has 0 spiro atoms. The quantitative estimate of drug-likeness (QED) is 0.394. The number of hydrogen-bond donors (Lipinski definition) is 2. The molecule has 0 radical (unpaired) electrons. The zero-order chi connectivity index (χ0) is 18.8. The lowest BCUT2D eigenvalue weighted by Crippen LogP contribution is -2.30. The Hall–Kier alpha value is -4.35. The molecule has 0 unspecified atom stereocenters. The van der Waals surface area contributed by atoms with Gasteiger partial charge in [0, 0.05) is 0 Å². The Morgan fingerprint density at radius 2 is 2.04 bits per heavy atom. The number of benzene rings is 1. The summed E-state index contributed by atoms with van der Waals surface area (Å²) in [5.74, 6) is -0.912. The molecule has 0 saturated carbocycles. The number of fused-ring (bicyclic) bond motifs is 1. The van der Waals surface area contributed by atoms with Crippen molar-refractivity contribution in [2.24, 2.45) is 0 Å². The molecule has 0 fully saturated rings. The third-order valence-electron chi connectivity index (χ3n) is 3.58. The number of nitro groups is 1. The van der Waals surface area contributed by atoms with Crippen LogP contribution in [0.4, 0.5) is 11.5 Å². The van der Waals surface area contributed by atoms with Crippen molar-refractivity contribution < 1.29 is 14.1 Å². The molecule has 0 aliphatic carbocycles. The van der Waals surface area contributed by atoms with E-state index in [4.69, 9.17) is 4.42 Å². The van der Waals surface area contributed by atoms with Gasteiger partial charge in [0.15, 0.2) is 5.76 Å². The number of para-hydroxylation sites is 1. The van der Waals surface area contributed by atoms with Crippen LogP contribution in [0, 0.1) is 10.1 Å². The van der Waals surface area contributed by atoms with E-state index in [9.17, 15) is 14.9 Å². The number of anilines is 1.